The Morgan fingerprint density at radius 2 is 1.88 bits per heavy atom. The lowest BCUT2D eigenvalue weighted by Crippen LogP contribution is -2.28. The van der Waals surface area contributed by atoms with E-state index >= 15 is 0 Å². The molecule has 92 valence electrons. The maximum absolute atomic E-state index is 11.0. The predicted molar refractivity (Wildman–Crippen MR) is 61.8 cm³/mol. The van der Waals surface area contributed by atoms with Gasteiger partial charge in [0.25, 0.3) is 0 Å². The van der Waals surface area contributed by atoms with Gasteiger partial charge in [0.15, 0.2) is 0 Å². The van der Waals surface area contributed by atoms with Gasteiger partial charge >= 0.3 is 11.9 Å². The van der Waals surface area contributed by atoms with Crippen molar-refractivity contribution in [3.8, 4) is 0 Å². The third-order valence-corrected chi connectivity index (χ3v) is 3.75. The number of carbonyl (C=O) groups is 2. The standard InChI is InChI=1S/C11H13NO4S/c13-10(14)8-4-12(5-9(8)11(15)16)3-7-1-2-17-6-7/h1-2,6,8-9H,3-5H2,(H,13,14)(H,15,16)/t8-,9-/m0/s1. The zero-order chi connectivity index (χ0) is 12.4. The zero-order valence-electron chi connectivity index (χ0n) is 9.07. The Kier molecular flexibility index (Phi) is 3.44. The largest absolute Gasteiger partial charge is 0.481 e. The molecule has 0 aromatic carbocycles. The third kappa shape index (κ3) is 2.65. The van der Waals surface area contributed by atoms with Crippen LogP contribution < -0.4 is 0 Å². The van der Waals surface area contributed by atoms with E-state index in [9.17, 15) is 9.59 Å². The second-order valence-electron chi connectivity index (χ2n) is 4.22. The Balaban J connectivity index is 2.04. The van der Waals surface area contributed by atoms with Gasteiger partial charge in [-0.1, -0.05) is 0 Å². The molecule has 0 aliphatic carbocycles. The lowest BCUT2D eigenvalue weighted by molar-refractivity contribution is -0.151. The summed E-state index contributed by atoms with van der Waals surface area (Å²) in [6.07, 6.45) is 0. The van der Waals surface area contributed by atoms with E-state index in [1.54, 1.807) is 11.3 Å². The molecule has 5 nitrogen and oxygen atoms in total. The number of carboxylic acids is 2. The molecule has 0 spiro atoms. The fourth-order valence-electron chi connectivity index (χ4n) is 2.16. The Hall–Kier alpha value is -1.40. The van der Waals surface area contributed by atoms with Crippen molar-refractivity contribution in [2.45, 2.75) is 6.54 Å². The number of hydrogen-bond donors (Lipinski definition) is 2. The molecule has 2 N–H and O–H groups in total. The molecule has 0 saturated carbocycles. The quantitative estimate of drug-likeness (QED) is 0.838. The zero-order valence-corrected chi connectivity index (χ0v) is 9.89. The molecule has 1 aliphatic rings. The SMILES string of the molecule is O=C(O)[C@H]1CN(Cc2ccsc2)C[C@@H]1C(=O)O. The van der Waals surface area contributed by atoms with E-state index in [4.69, 9.17) is 10.2 Å². The van der Waals surface area contributed by atoms with Gasteiger partial charge in [-0.2, -0.15) is 11.3 Å². The maximum atomic E-state index is 11.0. The van der Waals surface area contributed by atoms with Gasteiger partial charge in [-0.15, -0.1) is 0 Å². The number of rotatable bonds is 4. The summed E-state index contributed by atoms with van der Waals surface area (Å²) in [5.74, 6) is -3.65. The summed E-state index contributed by atoms with van der Waals surface area (Å²) in [6.45, 7) is 1.24. The van der Waals surface area contributed by atoms with E-state index in [0.717, 1.165) is 5.56 Å². The van der Waals surface area contributed by atoms with Crippen LogP contribution in [0.25, 0.3) is 0 Å². The first-order valence-corrected chi connectivity index (χ1v) is 6.21. The van der Waals surface area contributed by atoms with E-state index < -0.39 is 23.8 Å². The highest BCUT2D eigenvalue weighted by atomic mass is 32.1. The van der Waals surface area contributed by atoms with Gasteiger partial charge in [0, 0.05) is 19.6 Å². The summed E-state index contributed by atoms with van der Waals surface area (Å²) >= 11 is 1.58. The van der Waals surface area contributed by atoms with Gasteiger partial charge in [-0.05, 0) is 22.4 Å². The first-order valence-electron chi connectivity index (χ1n) is 5.27. The summed E-state index contributed by atoms with van der Waals surface area (Å²) in [6, 6.07) is 1.97. The fourth-order valence-corrected chi connectivity index (χ4v) is 2.82. The average Bonchev–Trinajstić information content (AvgIpc) is 2.86. The van der Waals surface area contributed by atoms with Gasteiger partial charge in [-0.25, -0.2) is 0 Å². The Labute approximate surface area is 102 Å². The molecule has 2 heterocycles. The fraction of sp³-hybridized carbons (Fsp3) is 0.455. The molecule has 0 bridgehead atoms. The van der Waals surface area contributed by atoms with Crippen LogP contribution >= 0.6 is 11.3 Å². The van der Waals surface area contributed by atoms with Crippen molar-refractivity contribution in [2.75, 3.05) is 13.1 Å². The molecule has 0 radical (unpaired) electrons. The van der Waals surface area contributed by atoms with Crippen LogP contribution in [0.5, 0.6) is 0 Å². The molecular formula is C11H13NO4S. The van der Waals surface area contributed by atoms with Crippen LogP contribution in [0.2, 0.25) is 0 Å². The summed E-state index contributed by atoms with van der Waals surface area (Å²) in [4.78, 5) is 23.8. The first-order chi connectivity index (χ1) is 8.08. The molecule has 1 aromatic rings. The van der Waals surface area contributed by atoms with Crippen molar-refractivity contribution >= 4 is 23.3 Å². The maximum Gasteiger partial charge on any atom is 0.308 e. The molecule has 1 saturated heterocycles. The second kappa shape index (κ2) is 4.85. The van der Waals surface area contributed by atoms with E-state index in [2.05, 4.69) is 0 Å². The molecule has 6 heteroatoms. The summed E-state index contributed by atoms with van der Waals surface area (Å²) in [7, 11) is 0. The molecule has 2 rings (SSSR count). The predicted octanol–water partition coefficient (Wildman–Crippen LogP) is 0.965. The average molecular weight is 255 g/mol. The van der Waals surface area contributed by atoms with E-state index in [1.807, 2.05) is 21.7 Å². The molecule has 1 aliphatic heterocycles. The number of aliphatic carboxylic acids is 2. The smallest absolute Gasteiger partial charge is 0.308 e. The normalized spacial score (nSPS) is 24.9. The minimum Gasteiger partial charge on any atom is -0.481 e. The van der Waals surface area contributed by atoms with Crippen LogP contribution in [0, 0.1) is 11.8 Å². The molecule has 2 atom stereocenters. The van der Waals surface area contributed by atoms with Crippen LogP contribution in [0.1, 0.15) is 5.56 Å². The topological polar surface area (TPSA) is 77.8 Å². The van der Waals surface area contributed by atoms with Crippen molar-refractivity contribution in [2.24, 2.45) is 11.8 Å². The Bertz CT molecular complexity index is 395. The number of nitrogens with zero attached hydrogens (tertiary/aromatic N) is 1. The van der Waals surface area contributed by atoms with E-state index in [0.29, 0.717) is 19.6 Å². The van der Waals surface area contributed by atoms with Crippen molar-refractivity contribution in [3.05, 3.63) is 22.4 Å². The summed E-state index contributed by atoms with van der Waals surface area (Å²) in [5, 5.41) is 21.9. The second-order valence-corrected chi connectivity index (χ2v) is 5.00. The summed E-state index contributed by atoms with van der Waals surface area (Å²) < 4.78 is 0. The minimum atomic E-state index is -1.02. The monoisotopic (exact) mass is 255 g/mol. The van der Waals surface area contributed by atoms with Crippen molar-refractivity contribution < 1.29 is 19.8 Å². The lowest BCUT2D eigenvalue weighted by Gasteiger charge is -2.13. The number of hydrogen-bond acceptors (Lipinski definition) is 4. The minimum absolute atomic E-state index is 0.308. The third-order valence-electron chi connectivity index (χ3n) is 3.02. The Morgan fingerprint density at radius 1 is 1.29 bits per heavy atom. The first kappa shape index (κ1) is 12.1. The highest BCUT2D eigenvalue weighted by Gasteiger charge is 2.41. The number of carboxylic acid groups (broad SMARTS) is 2. The van der Waals surface area contributed by atoms with Gasteiger partial charge < -0.3 is 10.2 Å². The van der Waals surface area contributed by atoms with E-state index in [1.165, 1.54) is 0 Å². The highest BCUT2D eigenvalue weighted by Crippen LogP contribution is 2.25. The molecule has 1 aromatic heterocycles. The lowest BCUT2D eigenvalue weighted by atomic mass is 9.97. The highest BCUT2D eigenvalue weighted by molar-refractivity contribution is 7.07. The summed E-state index contributed by atoms with van der Waals surface area (Å²) in [5.41, 5.74) is 1.10. The molecular weight excluding hydrogens is 242 g/mol. The van der Waals surface area contributed by atoms with Gasteiger partial charge in [0.1, 0.15) is 0 Å². The van der Waals surface area contributed by atoms with Gasteiger partial charge in [0.2, 0.25) is 0 Å². The van der Waals surface area contributed by atoms with Gasteiger partial charge in [-0.3, -0.25) is 14.5 Å². The molecule has 0 amide bonds. The molecule has 0 unspecified atom stereocenters. The Morgan fingerprint density at radius 3 is 2.29 bits per heavy atom. The van der Waals surface area contributed by atoms with Crippen molar-refractivity contribution in [3.63, 3.8) is 0 Å². The molecule has 1 fully saturated rings. The van der Waals surface area contributed by atoms with Crippen molar-refractivity contribution in [1.82, 2.24) is 4.90 Å². The van der Waals surface area contributed by atoms with Crippen LogP contribution in [0.4, 0.5) is 0 Å². The van der Waals surface area contributed by atoms with Crippen LogP contribution in [0.3, 0.4) is 0 Å². The van der Waals surface area contributed by atoms with Crippen LogP contribution in [0.15, 0.2) is 16.8 Å². The van der Waals surface area contributed by atoms with Crippen LogP contribution in [-0.2, 0) is 16.1 Å². The van der Waals surface area contributed by atoms with Crippen LogP contribution in [-0.4, -0.2) is 40.1 Å². The van der Waals surface area contributed by atoms with E-state index in [-0.39, 0.29) is 0 Å². The van der Waals surface area contributed by atoms with Gasteiger partial charge in [0.05, 0.1) is 11.8 Å². The molecule has 17 heavy (non-hydrogen) atoms. The van der Waals surface area contributed by atoms with Crippen molar-refractivity contribution in [1.29, 1.82) is 0 Å². The number of likely N-dealkylation sites (tertiary alicyclic amines) is 1. The number of thiophene rings is 1.